The van der Waals surface area contributed by atoms with Crippen molar-refractivity contribution < 1.29 is 5.11 Å². The van der Waals surface area contributed by atoms with Crippen LogP contribution in [0.4, 0.5) is 0 Å². The fraction of sp³-hybridized carbons (Fsp3) is 0.455. The van der Waals surface area contributed by atoms with E-state index in [0.717, 1.165) is 12.8 Å². The van der Waals surface area contributed by atoms with Crippen LogP contribution < -0.4 is 5.73 Å². The Morgan fingerprint density at radius 1 is 1.46 bits per heavy atom. The number of phenols is 1. The van der Waals surface area contributed by atoms with E-state index < -0.39 is 0 Å². The highest BCUT2D eigenvalue weighted by molar-refractivity contribution is 5.36. The molecule has 1 aromatic rings. The summed E-state index contributed by atoms with van der Waals surface area (Å²) in [4.78, 5) is 0. The van der Waals surface area contributed by atoms with Gasteiger partial charge in [0.2, 0.25) is 0 Å². The quantitative estimate of drug-likeness (QED) is 0.725. The second-order valence-corrected chi connectivity index (χ2v) is 3.93. The van der Waals surface area contributed by atoms with E-state index in [9.17, 15) is 0 Å². The smallest absolute Gasteiger partial charge is 0.115 e. The van der Waals surface area contributed by atoms with Gasteiger partial charge in [0.1, 0.15) is 5.75 Å². The van der Waals surface area contributed by atoms with Gasteiger partial charge in [-0.3, -0.25) is 0 Å². The first-order valence-corrected chi connectivity index (χ1v) is 4.73. The van der Waals surface area contributed by atoms with E-state index in [-0.39, 0.29) is 5.54 Å². The zero-order chi connectivity index (χ0) is 9.47. The third-order valence-electron chi connectivity index (χ3n) is 3.07. The van der Waals surface area contributed by atoms with Gasteiger partial charge >= 0.3 is 0 Å². The fourth-order valence-corrected chi connectivity index (χ4v) is 1.87. The Morgan fingerprint density at radius 3 is 2.54 bits per heavy atom. The van der Waals surface area contributed by atoms with Crippen molar-refractivity contribution in [3.8, 4) is 5.75 Å². The zero-order valence-corrected chi connectivity index (χ0v) is 7.83. The standard InChI is InChI=1S/C11H15NO/c1-2-11(12)7-10(11)8-3-5-9(13)6-4-8/h3-6,10,13H,2,7,12H2,1H3. The summed E-state index contributed by atoms with van der Waals surface area (Å²) in [6.07, 6.45) is 2.10. The molecule has 1 aliphatic rings. The van der Waals surface area contributed by atoms with Crippen LogP contribution in [-0.2, 0) is 0 Å². The van der Waals surface area contributed by atoms with E-state index in [2.05, 4.69) is 6.92 Å². The normalized spacial score (nSPS) is 31.7. The predicted octanol–water partition coefficient (Wildman–Crippen LogP) is 1.99. The molecular formula is C11H15NO. The number of aromatic hydroxyl groups is 1. The fourth-order valence-electron chi connectivity index (χ4n) is 1.87. The van der Waals surface area contributed by atoms with Crippen molar-refractivity contribution in [2.75, 3.05) is 0 Å². The maximum Gasteiger partial charge on any atom is 0.115 e. The lowest BCUT2D eigenvalue weighted by Crippen LogP contribution is -2.22. The van der Waals surface area contributed by atoms with Gasteiger partial charge in [-0.2, -0.15) is 0 Å². The molecule has 13 heavy (non-hydrogen) atoms. The van der Waals surface area contributed by atoms with Crippen LogP contribution in [0.1, 0.15) is 31.2 Å². The van der Waals surface area contributed by atoms with Crippen molar-refractivity contribution in [1.82, 2.24) is 0 Å². The zero-order valence-electron chi connectivity index (χ0n) is 7.83. The average molecular weight is 177 g/mol. The highest BCUT2D eigenvalue weighted by Gasteiger charge is 2.49. The van der Waals surface area contributed by atoms with Crippen LogP contribution >= 0.6 is 0 Å². The third-order valence-corrected chi connectivity index (χ3v) is 3.07. The Labute approximate surface area is 78.4 Å². The third kappa shape index (κ3) is 1.42. The highest BCUT2D eigenvalue weighted by atomic mass is 16.3. The van der Waals surface area contributed by atoms with Crippen molar-refractivity contribution in [2.45, 2.75) is 31.2 Å². The molecule has 70 valence electrons. The summed E-state index contributed by atoms with van der Waals surface area (Å²) in [7, 11) is 0. The first-order valence-electron chi connectivity index (χ1n) is 4.73. The molecule has 0 aliphatic heterocycles. The summed E-state index contributed by atoms with van der Waals surface area (Å²) in [5.74, 6) is 0.821. The molecule has 0 radical (unpaired) electrons. The van der Waals surface area contributed by atoms with Crippen molar-refractivity contribution in [3.05, 3.63) is 29.8 Å². The minimum Gasteiger partial charge on any atom is -0.508 e. The highest BCUT2D eigenvalue weighted by Crippen LogP contribution is 2.51. The molecule has 0 aromatic heterocycles. The second kappa shape index (κ2) is 2.74. The lowest BCUT2D eigenvalue weighted by molar-refractivity contribution is 0.475. The molecule has 2 rings (SSSR count). The van der Waals surface area contributed by atoms with Crippen LogP contribution in [0.25, 0.3) is 0 Å². The molecule has 2 nitrogen and oxygen atoms in total. The largest absolute Gasteiger partial charge is 0.508 e. The van der Waals surface area contributed by atoms with E-state index in [1.165, 1.54) is 5.56 Å². The van der Waals surface area contributed by atoms with Crippen molar-refractivity contribution in [1.29, 1.82) is 0 Å². The van der Waals surface area contributed by atoms with Crippen LogP contribution in [-0.4, -0.2) is 10.6 Å². The Kier molecular flexibility index (Phi) is 1.81. The SMILES string of the molecule is CCC1(N)CC1c1ccc(O)cc1. The maximum atomic E-state index is 9.11. The van der Waals surface area contributed by atoms with Crippen LogP contribution in [0.15, 0.2) is 24.3 Å². The molecule has 3 N–H and O–H groups in total. The lowest BCUT2D eigenvalue weighted by Gasteiger charge is -2.07. The summed E-state index contributed by atoms with van der Waals surface area (Å²) < 4.78 is 0. The number of rotatable bonds is 2. The van der Waals surface area contributed by atoms with Gasteiger partial charge in [-0.1, -0.05) is 19.1 Å². The summed E-state index contributed by atoms with van der Waals surface area (Å²) in [6.45, 7) is 2.13. The number of nitrogens with two attached hydrogens (primary N) is 1. The number of phenolic OH excluding ortho intramolecular Hbond substituents is 1. The number of hydrogen-bond acceptors (Lipinski definition) is 2. The lowest BCUT2D eigenvalue weighted by atomic mass is 10.1. The van der Waals surface area contributed by atoms with Crippen LogP contribution in [0.2, 0.25) is 0 Å². The Hall–Kier alpha value is -1.02. The van der Waals surface area contributed by atoms with Crippen molar-refractivity contribution in [3.63, 3.8) is 0 Å². The van der Waals surface area contributed by atoms with Crippen LogP contribution in [0, 0.1) is 0 Å². The molecule has 0 heterocycles. The van der Waals surface area contributed by atoms with Gasteiger partial charge < -0.3 is 10.8 Å². The van der Waals surface area contributed by atoms with Crippen molar-refractivity contribution >= 4 is 0 Å². The molecule has 1 aromatic carbocycles. The molecular weight excluding hydrogens is 162 g/mol. The second-order valence-electron chi connectivity index (χ2n) is 3.93. The predicted molar refractivity (Wildman–Crippen MR) is 52.7 cm³/mol. The molecule has 0 saturated heterocycles. The summed E-state index contributed by atoms with van der Waals surface area (Å²) in [5, 5.41) is 9.11. The molecule has 1 aliphatic carbocycles. The molecule has 2 heteroatoms. The Bertz CT molecular complexity index is 306. The van der Waals surface area contributed by atoms with E-state index in [0.29, 0.717) is 11.7 Å². The molecule has 1 saturated carbocycles. The molecule has 1 fully saturated rings. The minimum atomic E-state index is 0.0248. The van der Waals surface area contributed by atoms with Gasteiger partial charge in [0.15, 0.2) is 0 Å². The van der Waals surface area contributed by atoms with Gasteiger partial charge in [0.25, 0.3) is 0 Å². The van der Waals surface area contributed by atoms with Gasteiger partial charge in [-0.05, 0) is 30.5 Å². The van der Waals surface area contributed by atoms with Crippen LogP contribution in [0.3, 0.4) is 0 Å². The molecule has 2 atom stereocenters. The molecule has 2 unspecified atom stereocenters. The number of hydrogen-bond donors (Lipinski definition) is 2. The van der Waals surface area contributed by atoms with Gasteiger partial charge in [-0.15, -0.1) is 0 Å². The molecule has 0 amide bonds. The monoisotopic (exact) mass is 177 g/mol. The summed E-state index contributed by atoms with van der Waals surface area (Å²) in [6, 6.07) is 7.38. The van der Waals surface area contributed by atoms with E-state index in [1.807, 2.05) is 12.1 Å². The first-order chi connectivity index (χ1) is 6.15. The van der Waals surface area contributed by atoms with E-state index in [1.54, 1.807) is 12.1 Å². The number of benzene rings is 1. The summed E-state index contributed by atoms with van der Waals surface area (Å²) >= 11 is 0. The van der Waals surface area contributed by atoms with Crippen LogP contribution in [0.5, 0.6) is 5.75 Å². The van der Waals surface area contributed by atoms with E-state index >= 15 is 0 Å². The van der Waals surface area contributed by atoms with Gasteiger partial charge in [0, 0.05) is 11.5 Å². The van der Waals surface area contributed by atoms with E-state index in [4.69, 9.17) is 10.8 Å². The first kappa shape index (κ1) is 8.57. The average Bonchev–Trinajstić information content (AvgIpc) is 2.81. The molecule has 0 bridgehead atoms. The topological polar surface area (TPSA) is 46.2 Å². The minimum absolute atomic E-state index is 0.0248. The van der Waals surface area contributed by atoms with Gasteiger partial charge in [-0.25, -0.2) is 0 Å². The Morgan fingerprint density at radius 2 is 2.08 bits per heavy atom. The molecule has 0 spiro atoms. The Balaban J connectivity index is 2.16. The summed E-state index contributed by atoms with van der Waals surface area (Å²) in [5.41, 5.74) is 7.37. The maximum absolute atomic E-state index is 9.11. The van der Waals surface area contributed by atoms with Gasteiger partial charge in [0.05, 0.1) is 0 Å². The van der Waals surface area contributed by atoms with Crippen molar-refractivity contribution in [2.24, 2.45) is 5.73 Å².